The van der Waals surface area contributed by atoms with Crippen LogP contribution in [0.25, 0.3) is 10.9 Å². The number of fused-ring (bicyclic) bond motifs is 1. The van der Waals surface area contributed by atoms with E-state index in [1.54, 1.807) is 51.5 Å². The first-order valence-corrected chi connectivity index (χ1v) is 9.29. The number of methoxy groups -OCH3 is 2. The van der Waals surface area contributed by atoms with Crippen molar-refractivity contribution in [2.24, 2.45) is 0 Å². The maximum Gasteiger partial charge on any atom is 0.260 e. The second-order valence-electron chi connectivity index (χ2n) is 6.50. The Morgan fingerprint density at radius 1 is 1.07 bits per heavy atom. The Kier molecular flexibility index (Phi) is 6.39. The summed E-state index contributed by atoms with van der Waals surface area (Å²) in [6, 6.07) is 14.4. The van der Waals surface area contributed by atoms with Gasteiger partial charge in [0.05, 0.1) is 19.7 Å². The first kappa shape index (κ1) is 20.3. The van der Waals surface area contributed by atoms with E-state index < -0.39 is 6.10 Å². The van der Waals surface area contributed by atoms with Gasteiger partial charge in [0.1, 0.15) is 17.2 Å². The molecule has 0 saturated heterocycles. The highest BCUT2D eigenvalue weighted by Crippen LogP contribution is 2.31. The zero-order valence-corrected chi connectivity index (χ0v) is 16.7. The van der Waals surface area contributed by atoms with Crippen LogP contribution in [0.15, 0.2) is 53.3 Å². The van der Waals surface area contributed by atoms with Gasteiger partial charge in [0.2, 0.25) is 0 Å². The molecular formula is C22H24N2O5. The fraction of sp³-hybridized carbons (Fsp3) is 0.273. The van der Waals surface area contributed by atoms with Gasteiger partial charge in [0.15, 0.2) is 6.10 Å². The normalized spacial score (nSPS) is 11.7. The van der Waals surface area contributed by atoms with Crippen LogP contribution in [0, 0.1) is 0 Å². The highest BCUT2D eigenvalue weighted by atomic mass is 16.5. The number of rotatable bonds is 8. The van der Waals surface area contributed by atoms with Crippen LogP contribution in [-0.2, 0) is 11.2 Å². The second-order valence-corrected chi connectivity index (χ2v) is 6.50. The van der Waals surface area contributed by atoms with Crippen molar-refractivity contribution in [1.82, 2.24) is 10.3 Å². The van der Waals surface area contributed by atoms with Crippen molar-refractivity contribution < 1.29 is 19.0 Å². The van der Waals surface area contributed by atoms with Crippen molar-refractivity contribution in [1.29, 1.82) is 0 Å². The third-order valence-corrected chi connectivity index (χ3v) is 4.57. The van der Waals surface area contributed by atoms with Crippen LogP contribution in [0.4, 0.5) is 0 Å². The van der Waals surface area contributed by atoms with Gasteiger partial charge in [-0.15, -0.1) is 0 Å². The predicted molar refractivity (Wildman–Crippen MR) is 111 cm³/mol. The number of ether oxygens (including phenoxy) is 3. The van der Waals surface area contributed by atoms with Crippen molar-refractivity contribution in [3.63, 3.8) is 0 Å². The van der Waals surface area contributed by atoms with Crippen LogP contribution in [0.1, 0.15) is 12.5 Å². The number of nitrogens with one attached hydrogen (secondary N) is 2. The van der Waals surface area contributed by atoms with Gasteiger partial charge in [0, 0.05) is 17.5 Å². The Hall–Kier alpha value is -3.48. The molecule has 2 aromatic carbocycles. The largest absolute Gasteiger partial charge is 0.496 e. The summed E-state index contributed by atoms with van der Waals surface area (Å²) >= 11 is 0. The molecule has 1 heterocycles. The molecule has 1 aromatic heterocycles. The molecule has 2 N–H and O–H groups in total. The number of aromatic nitrogens is 1. The number of amides is 1. The maximum atomic E-state index is 12.5. The Morgan fingerprint density at radius 3 is 2.45 bits per heavy atom. The molecule has 0 spiro atoms. The summed E-state index contributed by atoms with van der Waals surface area (Å²) < 4.78 is 16.3. The standard InChI is InChI=1S/C22H24N2O5/c1-14(29-16-7-5-4-6-8-16)21(25)23-12-11-15-13-17-18(27-2)9-10-19(28-3)20(17)24-22(15)26/h4-10,13-14H,11-12H2,1-3H3,(H,23,25)(H,24,26). The van der Waals surface area contributed by atoms with Gasteiger partial charge in [-0.05, 0) is 43.7 Å². The van der Waals surface area contributed by atoms with Gasteiger partial charge < -0.3 is 24.5 Å². The fourth-order valence-electron chi connectivity index (χ4n) is 3.04. The van der Waals surface area contributed by atoms with Crippen molar-refractivity contribution in [2.45, 2.75) is 19.4 Å². The Balaban J connectivity index is 1.68. The maximum absolute atomic E-state index is 12.5. The smallest absolute Gasteiger partial charge is 0.260 e. The molecule has 7 nitrogen and oxygen atoms in total. The lowest BCUT2D eigenvalue weighted by Crippen LogP contribution is -2.37. The van der Waals surface area contributed by atoms with E-state index in [2.05, 4.69) is 10.3 Å². The number of carbonyl (C=O) groups excluding carboxylic acids is 1. The Labute approximate surface area is 168 Å². The van der Waals surface area contributed by atoms with Crippen LogP contribution < -0.4 is 25.1 Å². The molecule has 7 heteroatoms. The number of aromatic amines is 1. The van der Waals surface area contributed by atoms with Crippen molar-refractivity contribution >= 4 is 16.8 Å². The quantitative estimate of drug-likeness (QED) is 0.611. The first-order valence-electron chi connectivity index (χ1n) is 9.29. The number of hydrogen-bond donors (Lipinski definition) is 2. The van der Waals surface area contributed by atoms with E-state index in [0.29, 0.717) is 41.3 Å². The summed E-state index contributed by atoms with van der Waals surface area (Å²) in [4.78, 5) is 27.6. The average molecular weight is 396 g/mol. The van der Waals surface area contributed by atoms with E-state index in [-0.39, 0.29) is 11.5 Å². The van der Waals surface area contributed by atoms with Gasteiger partial charge in [-0.1, -0.05) is 18.2 Å². The summed E-state index contributed by atoms with van der Waals surface area (Å²) in [5.74, 6) is 1.57. The lowest BCUT2D eigenvalue weighted by Gasteiger charge is -2.15. The van der Waals surface area contributed by atoms with Crippen LogP contribution in [-0.4, -0.2) is 37.8 Å². The van der Waals surface area contributed by atoms with Crippen LogP contribution in [0.3, 0.4) is 0 Å². The molecule has 0 aliphatic carbocycles. The predicted octanol–water partition coefficient (Wildman–Crippen LogP) is 2.67. The molecule has 3 rings (SSSR count). The summed E-state index contributed by atoms with van der Waals surface area (Å²) in [6.07, 6.45) is -0.272. The number of hydrogen-bond acceptors (Lipinski definition) is 5. The molecule has 152 valence electrons. The summed E-state index contributed by atoms with van der Waals surface area (Å²) in [7, 11) is 3.11. The minimum absolute atomic E-state index is 0.230. The minimum atomic E-state index is -0.642. The molecular weight excluding hydrogens is 372 g/mol. The van der Waals surface area contributed by atoms with Crippen molar-refractivity contribution in [3.8, 4) is 17.2 Å². The van der Waals surface area contributed by atoms with E-state index in [0.717, 1.165) is 5.39 Å². The highest BCUT2D eigenvalue weighted by Gasteiger charge is 2.15. The average Bonchev–Trinajstić information content (AvgIpc) is 2.74. The molecule has 1 amide bonds. The first-order chi connectivity index (χ1) is 14.0. The SMILES string of the molecule is COc1ccc(OC)c2[nH]c(=O)c(CCNC(=O)C(C)Oc3ccccc3)cc12. The van der Waals surface area contributed by atoms with Crippen molar-refractivity contribution in [3.05, 3.63) is 64.4 Å². The lowest BCUT2D eigenvalue weighted by atomic mass is 10.1. The fourth-order valence-corrected chi connectivity index (χ4v) is 3.04. The van der Waals surface area contributed by atoms with Crippen LogP contribution >= 0.6 is 0 Å². The molecule has 0 radical (unpaired) electrons. The van der Waals surface area contributed by atoms with Gasteiger partial charge in [-0.25, -0.2) is 0 Å². The molecule has 29 heavy (non-hydrogen) atoms. The Morgan fingerprint density at radius 2 is 1.76 bits per heavy atom. The van der Waals surface area contributed by atoms with Gasteiger partial charge in [-0.3, -0.25) is 9.59 Å². The zero-order chi connectivity index (χ0) is 20.8. The van der Waals surface area contributed by atoms with Gasteiger partial charge in [0.25, 0.3) is 11.5 Å². The van der Waals surface area contributed by atoms with Gasteiger partial charge in [-0.2, -0.15) is 0 Å². The number of benzene rings is 2. The minimum Gasteiger partial charge on any atom is -0.496 e. The van der Waals surface area contributed by atoms with Gasteiger partial charge >= 0.3 is 0 Å². The lowest BCUT2D eigenvalue weighted by molar-refractivity contribution is -0.127. The summed E-state index contributed by atoms with van der Waals surface area (Å²) in [6.45, 7) is 1.99. The topological polar surface area (TPSA) is 89.7 Å². The number of carbonyl (C=O) groups is 1. The molecule has 0 bridgehead atoms. The van der Waals surface area contributed by atoms with Crippen molar-refractivity contribution in [2.75, 3.05) is 20.8 Å². The van der Waals surface area contributed by atoms with E-state index in [1.807, 2.05) is 18.2 Å². The summed E-state index contributed by atoms with van der Waals surface area (Å²) in [5, 5.41) is 3.55. The molecule has 0 aliphatic rings. The van der Waals surface area contributed by atoms with E-state index in [4.69, 9.17) is 14.2 Å². The Bertz CT molecular complexity index is 1050. The molecule has 1 atom stereocenters. The highest BCUT2D eigenvalue weighted by molar-refractivity contribution is 5.90. The van der Waals surface area contributed by atoms with Crippen LogP contribution in [0.5, 0.6) is 17.2 Å². The monoisotopic (exact) mass is 396 g/mol. The number of H-pyrrole nitrogens is 1. The zero-order valence-electron chi connectivity index (χ0n) is 16.7. The molecule has 0 aliphatic heterocycles. The molecule has 0 fully saturated rings. The number of para-hydroxylation sites is 1. The summed E-state index contributed by atoms with van der Waals surface area (Å²) in [5.41, 5.74) is 0.891. The van der Waals surface area contributed by atoms with E-state index in [1.165, 1.54) is 0 Å². The van der Waals surface area contributed by atoms with E-state index in [9.17, 15) is 9.59 Å². The third kappa shape index (κ3) is 4.68. The third-order valence-electron chi connectivity index (χ3n) is 4.57. The van der Waals surface area contributed by atoms with Crippen LogP contribution in [0.2, 0.25) is 0 Å². The molecule has 3 aromatic rings. The second kappa shape index (κ2) is 9.14. The number of pyridine rings is 1. The molecule has 1 unspecified atom stereocenters. The van der Waals surface area contributed by atoms with E-state index >= 15 is 0 Å². The molecule has 0 saturated carbocycles.